The van der Waals surface area contributed by atoms with Crippen molar-refractivity contribution in [3.8, 4) is 5.75 Å². The van der Waals surface area contributed by atoms with E-state index in [2.05, 4.69) is 0 Å². The van der Waals surface area contributed by atoms with Crippen LogP contribution in [0.15, 0.2) is 12.1 Å². The lowest BCUT2D eigenvalue weighted by Gasteiger charge is -2.21. The Bertz CT molecular complexity index is 518. The molecule has 1 amide bonds. The highest BCUT2D eigenvalue weighted by Crippen LogP contribution is 2.33. The molecule has 7 heteroatoms. The van der Waals surface area contributed by atoms with E-state index in [-0.39, 0.29) is 18.6 Å². The second-order valence-corrected chi connectivity index (χ2v) is 6.12. The van der Waals surface area contributed by atoms with Gasteiger partial charge >= 0.3 is 0 Å². The van der Waals surface area contributed by atoms with Crippen LogP contribution in [-0.2, 0) is 9.53 Å². The van der Waals surface area contributed by atoms with Gasteiger partial charge in [-0.25, -0.2) is 0 Å². The van der Waals surface area contributed by atoms with Crippen LogP contribution in [0.3, 0.4) is 0 Å². The van der Waals surface area contributed by atoms with Crippen LogP contribution in [0.2, 0.25) is 15.1 Å². The molecule has 1 saturated heterocycles. The third kappa shape index (κ3) is 4.65. The van der Waals surface area contributed by atoms with E-state index in [0.717, 1.165) is 19.4 Å². The lowest BCUT2D eigenvalue weighted by Crippen LogP contribution is -2.37. The fraction of sp³-hybridized carbons (Fsp3) is 0.500. The van der Waals surface area contributed by atoms with Crippen molar-refractivity contribution in [3.05, 3.63) is 27.2 Å². The van der Waals surface area contributed by atoms with Crippen LogP contribution in [0, 0.1) is 0 Å². The molecule has 1 aromatic carbocycles. The Morgan fingerprint density at radius 2 is 2.05 bits per heavy atom. The number of amides is 1. The third-order valence-electron chi connectivity index (χ3n) is 3.25. The van der Waals surface area contributed by atoms with Gasteiger partial charge in [-0.1, -0.05) is 34.8 Å². The van der Waals surface area contributed by atoms with Crippen molar-refractivity contribution in [1.82, 2.24) is 4.90 Å². The van der Waals surface area contributed by atoms with Crippen LogP contribution in [0.25, 0.3) is 0 Å². The molecule has 1 heterocycles. The van der Waals surface area contributed by atoms with Gasteiger partial charge in [-0.2, -0.15) is 0 Å². The second-order valence-electron chi connectivity index (χ2n) is 4.89. The van der Waals surface area contributed by atoms with E-state index in [1.165, 1.54) is 12.1 Å². The lowest BCUT2D eigenvalue weighted by atomic mass is 10.2. The smallest absolute Gasteiger partial charge is 0.260 e. The number of ether oxygens (including phenoxy) is 2. The molecule has 1 unspecified atom stereocenters. The van der Waals surface area contributed by atoms with Crippen LogP contribution in [-0.4, -0.2) is 43.7 Å². The van der Waals surface area contributed by atoms with E-state index < -0.39 is 0 Å². The Morgan fingerprint density at radius 3 is 2.71 bits per heavy atom. The summed E-state index contributed by atoms with van der Waals surface area (Å²) in [6, 6.07) is 2.99. The highest BCUT2D eigenvalue weighted by molar-refractivity contribution is 6.43. The van der Waals surface area contributed by atoms with Gasteiger partial charge < -0.3 is 14.4 Å². The van der Waals surface area contributed by atoms with Crippen LogP contribution in [0.4, 0.5) is 0 Å². The zero-order chi connectivity index (χ0) is 15.4. The first kappa shape index (κ1) is 16.7. The van der Waals surface area contributed by atoms with Crippen molar-refractivity contribution in [2.24, 2.45) is 0 Å². The molecule has 1 atom stereocenters. The third-order valence-corrected chi connectivity index (χ3v) is 4.27. The molecule has 21 heavy (non-hydrogen) atoms. The van der Waals surface area contributed by atoms with Crippen LogP contribution >= 0.6 is 34.8 Å². The minimum atomic E-state index is -0.146. The van der Waals surface area contributed by atoms with Gasteiger partial charge in [-0.15, -0.1) is 0 Å². The van der Waals surface area contributed by atoms with Crippen molar-refractivity contribution in [2.75, 3.05) is 26.8 Å². The van der Waals surface area contributed by atoms with Gasteiger partial charge in [0, 0.05) is 26.3 Å². The molecular weight excluding hydrogens is 337 g/mol. The number of hydrogen-bond donors (Lipinski definition) is 0. The van der Waals surface area contributed by atoms with Crippen LogP contribution in [0.5, 0.6) is 5.75 Å². The van der Waals surface area contributed by atoms with Crippen molar-refractivity contribution < 1.29 is 14.3 Å². The zero-order valence-corrected chi connectivity index (χ0v) is 13.8. The molecule has 0 spiro atoms. The Morgan fingerprint density at radius 1 is 1.33 bits per heavy atom. The zero-order valence-electron chi connectivity index (χ0n) is 11.6. The highest BCUT2D eigenvalue weighted by atomic mass is 35.5. The number of rotatable bonds is 5. The summed E-state index contributed by atoms with van der Waals surface area (Å²) < 4.78 is 10.9. The maximum Gasteiger partial charge on any atom is 0.260 e. The first-order valence-electron chi connectivity index (χ1n) is 6.60. The number of nitrogens with zero attached hydrogens (tertiary/aromatic N) is 1. The summed E-state index contributed by atoms with van der Waals surface area (Å²) in [5, 5.41) is 0.992. The molecule has 0 radical (unpaired) electrons. The standard InChI is InChI=1S/C14H16Cl3NO3/c1-18(7-9-3-2-4-20-9)14(19)8-21-13-6-11(16)10(15)5-12(13)17/h5-6,9H,2-4,7-8H2,1H3. The monoisotopic (exact) mass is 351 g/mol. The summed E-state index contributed by atoms with van der Waals surface area (Å²) in [5.41, 5.74) is 0. The molecule has 0 N–H and O–H groups in total. The summed E-state index contributed by atoms with van der Waals surface area (Å²) in [4.78, 5) is 13.6. The quantitative estimate of drug-likeness (QED) is 0.759. The van der Waals surface area contributed by atoms with Gasteiger partial charge in [0.05, 0.1) is 21.2 Å². The summed E-state index contributed by atoms with van der Waals surface area (Å²) in [7, 11) is 1.73. The molecule has 0 saturated carbocycles. The molecule has 116 valence electrons. The van der Waals surface area contributed by atoms with Gasteiger partial charge in [-0.3, -0.25) is 4.79 Å². The fourth-order valence-corrected chi connectivity index (χ4v) is 2.65. The number of halogens is 3. The minimum Gasteiger partial charge on any atom is -0.482 e. The average molecular weight is 353 g/mol. The minimum absolute atomic E-state index is 0.110. The molecule has 1 aliphatic rings. The van der Waals surface area contributed by atoms with Gasteiger partial charge in [0.1, 0.15) is 5.75 Å². The Balaban J connectivity index is 1.87. The SMILES string of the molecule is CN(CC1CCCO1)C(=O)COc1cc(Cl)c(Cl)cc1Cl. The average Bonchev–Trinajstić information content (AvgIpc) is 2.93. The van der Waals surface area contributed by atoms with Crippen LogP contribution < -0.4 is 4.74 Å². The molecule has 0 aromatic heterocycles. The number of hydrogen-bond acceptors (Lipinski definition) is 3. The van der Waals surface area contributed by atoms with Gasteiger partial charge in [-0.05, 0) is 18.9 Å². The number of carbonyl (C=O) groups excluding carboxylic acids is 1. The Kier molecular flexibility index (Phi) is 5.99. The van der Waals surface area contributed by atoms with E-state index in [9.17, 15) is 4.79 Å². The topological polar surface area (TPSA) is 38.8 Å². The van der Waals surface area contributed by atoms with Crippen molar-refractivity contribution in [2.45, 2.75) is 18.9 Å². The molecule has 4 nitrogen and oxygen atoms in total. The predicted molar refractivity (Wildman–Crippen MR) is 83.6 cm³/mol. The van der Waals surface area contributed by atoms with E-state index in [1.807, 2.05) is 0 Å². The molecule has 0 bridgehead atoms. The van der Waals surface area contributed by atoms with E-state index in [1.54, 1.807) is 11.9 Å². The Labute approximate surface area is 138 Å². The summed E-state index contributed by atoms with van der Waals surface area (Å²) in [6.45, 7) is 1.22. The van der Waals surface area contributed by atoms with Gasteiger partial charge in [0.15, 0.2) is 6.61 Å². The summed E-state index contributed by atoms with van der Waals surface area (Å²) in [5.74, 6) is 0.192. The first-order valence-corrected chi connectivity index (χ1v) is 7.73. The fourth-order valence-electron chi connectivity index (χ4n) is 2.06. The van der Waals surface area contributed by atoms with Crippen LogP contribution in [0.1, 0.15) is 12.8 Å². The number of benzene rings is 1. The molecule has 1 aromatic rings. The normalized spacial score (nSPS) is 17.8. The molecular formula is C14H16Cl3NO3. The predicted octanol–water partition coefficient (Wildman–Crippen LogP) is 3.66. The molecule has 0 aliphatic carbocycles. The number of carbonyl (C=O) groups is 1. The van der Waals surface area contributed by atoms with E-state index in [0.29, 0.717) is 27.4 Å². The highest BCUT2D eigenvalue weighted by Gasteiger charge is 2.20. The van der Waals surface area contributed by atoms with Gasteiger partial charge in [0.25, 0.3) is 5.91 Å². The molecule has 1 fully saturated rings. The van der Waals surface area contributed by atoms with Crippen molar-refractivity contribution in [3.63, 3.8) is 0 Å². The van der Waals surface area contributed by atoms with E-state index >= 15 is 0 Å². The summed E-state index contributed by atoms with van der Waals surface area (Å²) >= 11 is 17.7. The largest absolute Gasteiger partial charge is 0.482 e. The lowest BCUT2D eigenvalue weighted by molar-refractivity contribution is -0.133. The first-order chi connectivity index (χ1) is 9.97. The maximum absolute atomic E-state index is 12.0. The number of likely N-dealkylation sites (N-methyl/N-ethyl adjacent to an activating group) is 1. The molecule has 2 rings (SSSR count). The summed E-state index contributed by atoms with van der Waals surface area (Å²) in [6.07, 6.45) is 2.15. The van der Waals surface area contributed by atoms with Gasteiger partial charge in [0.2, 0.25) is 0 Å². The Hall–Kier alpha value is -0.680. The van der Waals surface area contributed by atoms with Crippen molar-refractivity contribution >= 4 is 40.7 Å². The maximum atomic E-state index is 12.0. The second kappa shape index (κ2) is 7.54. The van der Waals surface area contributed by atoms with E-state index in [4.69, 9.17) is 44.3 Å². The van der Waals surface area contributed by atoms with Crippen molar-refractivity contribution in [1.29, 1.82) is 0 Å². The molecule has 1 aliphatic heterocycles.